The lowest BCUT2D eigenvalue weighted by Gasteiger charge is -2.31. The van der Waals surface area contributed by atoms with Crippen molar-refractivity contribution in [2.24, 2.45) is 5.10 Å². The molecule has 2 amide bonds. The van der Waals surface area contributed by atoms with Crippen LogP contribution in [0.15, 0.2) is 53.6 Å². The molecule has 0 bridgehead atoms. The number of hydrazine groups is 1. The van der Waals surface area contributed by atoms with Gasteiger partial charge in [0.05, 0.1) is 0 Å². The second-order valence-corrected chi connectivity index (χ2v) is 11.7. The number of hydrazone groups is 1. The first-order chi connectivity index (χ1) is 17.2. The van der Waals surface area contributed by atoms with Gasteiger partial charge in [0.15, 0.2) is 0 Å². The van der Waals surface area contributed by atoms with E-state index in [9.17, 15) is 18.4 Å². The monoisotopic (exact) mass is 534 g/mol. The van der Waals surface area contributed by atoms with Crippen molar-refractivity contribution in [1.29, 1.82) is 0 Å². The smallest absolute Gasteiger partial charge is 0.434 e. The Hall–Kier alpha value is -3.18. The highest BCUT2D eigenvalue weighted by Gasteiger charge is 2.40. The molecule has 0 radical (unpaired) electrons. The van der Waals surface area contributed by atoms with E-state index in [0.717, 1.165) is 23.8 Å². The summed E-state index contributed by atoms with van der Waals surface area (Å²) in [6.45, 7) is 10.2. The molecule has 2 aromatic carbocycles. The average molecular weight is 535 g/mol. The molecule has 1 atom stereocenters. The molecule has 2 aromatic rings. The van der Waals surface area contributed by atoms with E-state index in [1.54, 1.807) is 41.5 Å². The first-order valence-electron chi connectivity index (χ1n) is 11.7. The number of amides is 2. The number of hydrogen-bond acceptors (Lipinski definition) is 8. The summed E-state index contributed by atoms with van der Waals surface area (Å²) in [7, 11) is 0. The number of nitrogens with one attached hydrogen (secondary N) is 2. The SMILES string of the molecule is CC(C)(C)OC(=O)N(NCCC1(c2ccccc2)NN=C(c2cc(F)ccc2F)S1)C(=O)OC(C)(C)C. The van der Waals surface area contributed by atoms with Crippen molar-refractivity contribution in [2.45, 2.75) is 64.0 Å². The Morgan fingerprint density at radius 3 is 2.16 bits per heavy atom. The molecule has 0 fully saturated rings. The molecule has 2 N–H and O–H groups in total. The zero-order valence-electron chi connectivity index (χ0n) is 21.7. The molecule has 0 aromatic heterocycles. The Balaban J connectivity index is 1.82. The maximum absolute atomic E-state index is 14.5. The quantitative estimate of drug-likeness (QED) is 0.447. The lowest BCUT2D eigenvalue weighted by molar-refractivity contribution is -0.00992. The first kappa shape index (κ1) is 28.4. The van der Waals surface area contributed by atoms with Crippen LogP contribution in [0.1, 0.15) is 59.1 Å². The maximum Gasteiger partial charge on any atom is 0.434 e. The average Bonchev–Trinajstić information content (AvgIpc) is 3.22. The minimum atomic E-state index is -0.915. The van der Waals surface area contributed by atoms with Crippen LogP contribution in [0.2, 0.25) is 0 Å². The highest BCUT2D eigenvalue weighted by atomic mass is 32.2. The number of ether oxygens (including phenoxy) is 2. The first-order valence-corrected chi connectivity index (χ1v) is 12.6. The zero-order chi connectivity index (χ0) is 27.4. The molecule has 3 rings (SSSR count). The van der Waals surface area contributed by atoms with Crippen molar-refractivity contribution in [2.75, 3.05) is 6.54 Å². The number of carbonyl (C=O) groups excluding carboxylic acids is 2. The van der Waals surface area contributed by atoms with Crippen molar-refractivity contribution >= 4 is 29.0 Å². The summed E-state index contributed by atoms with van der Waals surface area (Å²) in [6, 6.07) is 12.5. The Morgan fingerprint density at radius 1 is 1.00 bits per heavy atom. The standard InChI is InChI=1S/C26H32F2N4O4S/c1-24(2,3)35-22(33)32(23(34)36-25(4,5)6)29-15-14-26(17-10-8-7-9-11-17)31-30-21(37-26)19-16-18(27)12-13-20(19)28/h7-13,16,29,31H,14-15H2,1-6H3. The molecule has 1 aliphatic heterocycles. The summed E-state index contributed by atoms with van der Waals surface area (Å²) in [5.74, 6) is -1.18. The minimum absolute atomic E-state index is 0.0346. The van der Waals surface area contributed by atoms with Crippen LogP contribution in [0, 0.1) is 11.6 Å². The number of benzene rings is 2. The van der Waals surface area contributed by atoms with Gasteiger partial charge in [-0.15, -0.1) is 5.01 Å². The van der Waals surface area contributed by atoms with E-state index in [1.165, 1.54) is 11.8 Å². The predicted molar refractivity (Wildman–Crippen MR) is 139 cm³/mol. The Bertz CT molecular complexity index is 1140. The molecule has 37 heavy (non-hydrogen) atoms. The summed E-state index contributed by atoms with van der Waals surface area (Å²) in [5, 5.41) is 5.27. The second-order valence-electron chi connectivity index (χ2n) is 10.4. The van der Waals surface area contributed by atoms with E-state index in [1.807, 2.05) is 30.3 Å². The molecule has 1 unspecified atom stereocenters. The van der Waals surface area contributed by atoms with Gasteiger partial charge in [0.1, 0.15) is 32.8 Å². The highest BCUT2D eigenvalue weighted by molar-refractivity contribution is 8.15. The molecule has 0 spiro atoms. The molecule has 0 saturated heterocycles. The van der Waals surface area contributed by atoms with Crippen LogP contribution in [-0.2, 0) is 14.3 Å². The zero-order valence-corrected chi connectivity index (χ0v) is 22.5. The van der Waals surface area contributed by atoms with E-state index in [4.69, 9.17) is 9.47 Å². The van der Waals surface area contributed by atoms with Crippen LogP contribution in [0.5, 0.6) is 0 Å². The molecule has 1 aliphatic rings. The molecule has 200 valence electrons. The number of nitrogens with zero attached hydrogens (tertiary/aromatic N) is 2. The van der Waals surface area contributed by atoms with Crippen LogP contribution in [0.25, 0.3) is 0 Å². The fourth-order valence-corrected chi connectivity index (χ4v) is 4.61. The van der Waals surface area contributed by atoms with Gasteiger partial charge in [0.2, 0.25) is 0 Å². The third kappa shape index (κ3) is 7.65. The van der Waals surface area contributed by atoms with Crippen LogP contribution >= 0.6 is 11.8 Å². The van der Waals surface area contributed by atoms with Crippen molar-refractivity contribution in [3.63, 3.8) is 0 Å². The molecule has 11 heteroatoms. The third-order valence-corrected chi connectivity index (χ3v) is 6.29. The number of carbonyl (C=O) groups is 2. The van der Waals surface area contributed by atoms with Crippen molar-refractivity contribution in [1.82, 2.24) is 15.9 Å². The molecule has 0 saturated carbocycles. The van der Waals surface area contributed by atoms with Gasteiger partial charge in [-0.3, -0.25) is 5.43 Å². The lowest BCUT2D eigenvalue weighted by atomic mass is 10.0. The van der Waals surface area contributed by atoms with E-state index in [2.05, 4.69) is 16.0 Å². The van der Waals surface area contributed by atoms with E-state index >= 15 is 0 Å². The third-order valence-electron chi connectivity index (χ3n) is 4.91. The van der Waals surface area contributed by atoms with Crippen molar-refractivity contribution in [3.8, 4) is 0 Å². The second kappa shape index (κ2) is 11.1. The van der Waals surface area contributed by atoms with E-state index in [-0.39, 0.29) is 23.6 Å². The highest BCUT2D eigenvalue weighted by Crippen LogP contribution is 2.43. The van der Waals surface area contributed by atoms with E-state index < -0.39 is 39.9 Å². The Labute approximate surface area is 219 Å². The predicted octanol–water partition coefficient (Wildman–Crippen LogP) is 5.88. The van der Waals surface area contributed by atoms with Crippen LogP contribution in [-0.4, -0.2) is 40.0 Å². The van der Waals surface area contributed by atoms with Gasteiger partial charge in [0, 0.05) is 18.5 Å². The van der Waals surface area contributed by atoms with Crippen LogP contribution in [0.3, 0.4) is 0 Å². The number of hydrogen-bond donors (Lipinski definition) is 2. The number of imide groups is 1. The fraction of sp³-hybridized carbons (Fsp3) is 0.423. The van der Waals surface area contributed by atoms with Gasteiger partial charge in [0.25, 0.3) is 0 Å². The number of thioether (sulfide) groups is 1. The van der Waals surface area contributed by atoms with Crippen LogP contribution < -0.4 is 10.9 Å². The maximum atomic E-state index is 14.5. The van der Waals surface area contributed by atoms with Gasteiger partial charge >= 0.3 is 12.2 Å². The van der Waals surface area contributed by atoms with Gasteiger partial charge in [-0.05, 0) is 65.3 Å². The lowest BCUT2D eigenvalue weighted by Crippen LogP contribution is -2.52. The fourth-order valence-electron chi connectivity index (χ4n) is 3.37. The van der Waals surface area contributed by atoms with Gasteiger partial charge < -0.3 is 9.47 Å². The molecule has 1 heterocycles. The summed E-state index contributed by atoms with van der Waals surface area (Å²) < 4.78 is 39.1. The normalized spacial score (nSPS) is 17.6. The largest absolute Gasteiger partial charge is 0.442 e. The summed E-state index contributed by atoms with van der Waals surface area (Å²) >= 11 is 1.22. The van der Waals surface area contributed by atoms with Gasteiger partial charge in [-0.1, -0.05) is 42.1 Å². The summed E-state index contributed by atoms with van der Waals surface area (Å²) in [4.78, 5) is 24.7. The summed E-state index contributed by atoms with van der Waals surface area (Å²) in [6.07, 6.45) is -1.55. The minimum Gasteiger partial charge on any atom is -0.442 e. The molecular weight excluding hydrogens is 502 g/mol. The molecule has 8 nitrogen and oxygen atoms in total. The summed E-state index contributed by atoms with van der Waals surface area (Å²) in [5.41, 5.74) is 5.04. The Kier molecular flexibility index (Phi) is 8.49. The van der Waals surface area contributed by atoms with Crippen molar-refractivity contribution in [3.05, 3.63) is 71.3 Å². The van der Waals surface area contributed by atoms with E-state index in [0.29, 0.717) is 5.01 Å². The topological polar surface area (TPSA) is 92.3 Å². The number of rotatable bonds is 6. The van der Waals surface area contributed by atoms with Crippen molar-refractivity contribution < 1.29 is 27.8 Å². The van der Waals surface area contributed by atoms with Gasteiger partial charge in [-0.25, -0.2) is 23.8 Å². The Morgan fingerprint density at radius 2 is 1.59 bits per heavy atom. The molecular formula is C26H32F2N4O4S. The molecule has 0 aliphatic carbocycles. The number of halogens is 2. The van der Waals surface area contributed by atoms with Crippen LogP contribution in [0.4, 0.5) is 18.4 Å². The van der Waals surface area contributed by atoms with Gasteiger partial charge in [-0.2, -0.15) is 5.10 Å².